The minimum absolute atomic E-state index is 0.0185. The summed E-state index contributed by atoms with van der Waals surface area (Å²) >= 11 is 5.87. The van der Waals surface area contributed by atoms with Crippen molar-refractivity contribution < 1.29 is 14.6 Å². The highest BCUT2D eigenvalue weighted by Crippen LogP contribution is 2.23. The van der Waals surface area contributed by atoms with Crippen LogP contribution < -0.4 is 4.74 Å². The Kier molecular flexibility index (Phi) is 4.55. The monoisotopic (exact) mass is 297 g/mol. The zero-order valence-corrected chi connectivity index (χ0v) is 12.6. The highest BCUT2D eigenvalue weighted by Gasteiger charge is 2.29. The summed E-state index contributed by atoms with van der Waals surface area (Å²) in [6, 6.07) is 5.32. The fraction of sp³-hybridized carbons (Fsp3) is 0.533. The van der Waals surface area contributed by atoms with E-state index in [9.17, 15) is 9.90 Å². The van der Waals surface area contributed by atoms with Crippen LogP contribution in [0.25, 0.3) is 0 Å². The summed E-state index contributed by atoms with van der Waals surface area (Å²) in [6.45, 7) is 4.88. The molecule has 0 radical (unpaired) electrons. The zero-order valence-electron chi connectivity index (χ0n) is 11.9. The van der Waals surface area contributed by atoms with E-state index in [1.807, 2.05) is 13.8 Å². The Morgan fingerprint density at radius 2 is 2.10 bits per heavy atom. The van der Waals surface area contributed by atoms with Gasteiger partial charge in [0, 0.05) is 18.1 Å². The Balaban J connectivity index is 1.86. The summed E-state index contributed by atoms with van der Waals surface area (Å²) in [4.78, 5) is 13.8. The van der Waals surface area contributed by atoms with Gasteiger partial charge in [-0.15, -0.1) is 0 Å². The van der Waals surface area contributed by atoms with Gasteiger partial charge in [0.2, 0.25) is 0 Å². The Labute approximate surface area is 124 Å². The lowest BCUT2D eigenvalue weighted by molar-refractivity contribution is -0.137. The molecule has 2 rings (SSSR count). The van der Waals surface area contributed by atoms with Crippen molar-refractivity contribution >= 4 is 17.5 Å². The van der Waals surface area contributed by atoms with Gasteiger partial charge in [0.05, 0.1) is 5.60 Å². The quantitative estimate of drug-likeness (QED) is 0.932. The minimum Gasteiger partial charge on any atom is -0.483 e. The molecule has 1 saturated heterocycles. The standard InChI is InChI=1S/C15H20ClNO3/c1-11-9-12(16)3-4-13(11)20-10-14(18)17-7-5-15(2,19)6-8-17/h3-4,9,19H,5-8,10H2,1-2H3. The maximum absolute atomic E-state index is 12.1. The van der Waals surface area contributed by atoms with E-state index in [4.69, 9.17) is 16.3 Å². The van der Waals surface area contributed by atoms with Crippen LogP contribution in [0.3, 0.4) is 0 Å². The van der Waals surface area contributed by atoms with Gasteiger partial charge in [0.25, 0.3) is 5.91 Å². The van der Waals surface area contributed by atoms with Crippen molar-refractivity contribution in [3.63, 3.8) is 0 Å². The third-order valence-electron chi connectivity index (χ3n) is 3.68. The summed E-state index contributed by atoms with van der Waals surface area (Å²) in [5.74, 6) is 0.626. The molecule has 1 aliphatic heterocycles. The third-order valence-corrected chi connectivity index (χ3v) is 3.92. The molecule has 1 aromatic rings. The molecule has 0 saturated carbocycles. The normalized spacial score (nSPS) is 17.9. The first-order valence-corrected chi connectivity index (χ1v) is 7.14. The first-order valence-electron chi connectivity index (χ1n) is 6.76. The lowest BCUT2D eigenvalue weighted by atomic mass is 9.94. The fourth-order valence-corrected chi connectivity index (χ4v) is 2.47. The molecule has 1 aromatic carbocycles. The molecule has 1 aliphatic rings. The molecule has 0 bridgehead atoms. The molecule has 0 unspecified atom stereocenters. The number of nitrogens with zero attached hydrogens (tertiary/aromatic N) is 1. The summed E-state index contributed by atoms with van der Waals surface area (Å²) in [5, 5.41) is 10.5. The van der Waals surface area contributed by atoms with Gasteiger partial charge in [-0.05, 0) is 50.5 Å². The van der Waals surface area contributed by atoms with Gasteiger partial charge in [-0.25, -0.2) is 0 Å². The average molecular weight is 298 g/mol. The number of hydrogen-bond donors (Lipinski definition) is 1. The van der Waals surface area contributed by atoms with E-state index in [0.717, 1.165) is 5.56 Å². The summed E-state index contributed by atoms with van der Waals surface area (Å²) in [6.07, 6.45) is 1.22. The number of carbonyl (C=O) groups excluding carboxylic acids is 1. The van der Waals surface area contributed by atoms with Crippen LogP contribution in [0.5, 0.6) is 5.75 Å². The van der Waals surface area contributed by atoms with Crippen LogP contribution >= 0.6 is 11.6 Å². The number of ether oxygens (including phenoxy) is 1. The molecule has 1 N–H and O–H groups in total. The molecular weight excluding hydrogens is 278 g/mol. The van der Waals surface area contributed by atoms with Crippen LogP contribution in [0.2, 0.25) is 5.02 Å². The number of benzene rings is 1. The van der Waals surface area contributed by atoms with Crippen LogP contribution in [0.15, 0.2) is 18.2 Å². The van der Waals surface area contributed by atoms with Crippen molar-refractivity contribution in [1.82, 2.24) is 4.90 Å². The predicted octanol–water partition coefficient (Wildman–Crippen LogP) is 2.40. The number of piperidine rings is 1. The van der Waals surface area contributed by atoms with Crippen LogP contribution in [-0.4, -0.2) is 41.2 Å². The maximum atomic E-state index is 12.1. The number of rotatable bonds is 3. The van der Waals surface area contributed by atoms with Crippen molar-refractivity contribution in [2.45, 2.75) is 32.3 Å². The largest absolute Gasteiger partial charge is 0.483 e. The summed E-state index contributed by atoms with van der Waals surface area (Å²) in [5.41, 5.74) is 0.261. The van der Waals surface area contributed by atoms with Crippen LogP contribution in [0.1, 0.15) is 25.3 Å². The zero-order chi connectivity index (χ0) is 14.8. The van der Waals surface area contributed by atoms with Crippen molar-refractivity contribution in [3.8, 4) is 5.75 Å². The summed E-state index contributed by atoms with van der Waals surface area (Å²) in [7, 11) is 0. The number of amides is 1. The van der Waals surface area contributed by atoms with Crippen molar-refractivity contribution in [2.75, 3.05) is 19.7 Å². The number of carbonyl (C=O) groups is 1. The second kappa shape index (κ2) is 6.02. The SMILES string of the molecule is Cc1cc(Cl)ccc1OCC(=O)N1CCC(C)(O)CC1. The second-order valence-electron chi connectivity index (χ2n) is 5.58. The maximum Gasteiger partial charge on any atom is 0.260 e. The molecule has 0 aliphatic carbocycles. The van der Waals surface area contributed by atoms with E-state index in [1.54, 1.807) is 23.1 Å². The first-order chi connectivity index (χ1) is 9.37. The average Bonchev–Trinajstić information content (AvgIpc) is 2.37. The van der Waals surface area contributed by atoms with Crippen LogP contribution in [0, 0.1) is 6.92 Å². The number of aliphatic hydroxyl groups is 1. The molecule has 1 amide bonds. The van der Waals surface area contributed by atoms with Gasteiger partial charge in [-0.1, -0.05) is 11.6 Å². The molecule has 0 aromatic heterocycles. The molecule has 1 fully saturated rings. The lowest BCUT2D eigenvalue weighted by Crippen LogP contribution is -2.46. The lowest BCUT2D eigenvalue weighted by Gasteiger charge is -2.35. The smallest absolute Gasteiger partial charge is 0.260 e. The number of halogens is 1. The first kappa shape index (κ1) is 15.1. The van der Waals surface area contributed by atoms with E-state index in [-0.39, 0.29) is 12.5 Å². The molecule has 110 valence electrons. The number of aryl methyl sites for hydroxylation is 1. The highest BCUT2D eigenvalue weighted by molar-refractivity contribution is 6.30. The van der Waals surface area contributed by atoms with Crippen molar-refractivity contribution in [2.24, 2.45) is 0 Å². The van der Waals surface area contributed by atoms with Crippen molar-refractivity contribution in [3.05, 3.63) is 28.8 Å². The summed E-state index contributed by atoms with van der Waals surface area (Å²) < 4.78 is 5.55. The van der Waals surface area contributed by atoms with Gasteiger partial charge in [-0.3, -0.25) is 4.79 Å². The van der Waals surface area contributed by atoms with Crippen LogP contribution in [0.4, 0.5) is 0 Å². The van der Waals surface area contributed by atoms with Crippen molar-refractivity contribution in [1.29, 1.82) is 0 Å². The van der Waals surface area contributed by atoms with Gasteiger partial charge in [0.15, 0.2) is 6.61 Å². The second-order valence-corrected chi connectivity index (χ2v) is 6.01. The van der Waals surface area contributed by atoms with E-state index in [0.29, 0.717) is 36.7 Å². The molecule has 1 heterocycles. The fourth-order valence-electron chi connectivity index (χ4n) is 2.24. The van der Waals surface area contributed by atoms with E-state index in [1.165, 1.54) is 0 Å². The Hall–Kier alpha value is -1.26. The number of hydrogen-bond acceptors (Lipinski definition) is 3. The molecule has 20 heavy (non-hydrogen) atoms. The topological polar surface area (TPSA) is 49.8 Å². The Bertz CT molecular complexity index is 492. The predicted molar refractivity (Wildman–Crippen MR) is 78.1 cm³/mol. The van der Waals surface area contributed by atoms with E-state index >= 15 is 0 Å². The minimum atomic E-state index is -0.648. The molecule has 0 spiro atoms. The third kappa shape index (κ3) is 3.87. The Morgan fingerprint density at radius 3 is 2.70 bits per heavy atom. The van der Waals surface area contributed by atoms with E-state index in [2.05, 4.69) is 0 Å². The van der Waals surface area contributed by atoms with Crippen LogP contribution in [-0.2, 0) is 4.79 Å². The van der Waals surface area contributed by atoms with Gasteiger partial charge < -0.3 is 14.7 Å². The molecule has 0 atom stereocenters. The number of likely N-dealkylation sites (tertiary alicyclic amines) is 1. The highest BCUT2D eigenvalue weighted by atomic mass is 35.5. The Morgan fingerprint density at radius 1 is 1.45 bits per heavy atom. The van der Waals surface area contributed by atoms with Gasteiger partial charge in [0.1, 0.15) is 5.75 Å². The van der Waals surface area contributed by atoms with Gasteiger partial charge >= 0.3 is 0 Å². The molecule has 4 nitrogen and oxygen atoms in total. The van der Waals surface area contributed by atoms with E-state index < -0.39 is 5.60 Å². The molecule has 5 heteroatoms. The molecular formula is C15H20ClNO3. The van der Waals surface area contributed by atoms with Gasteiger partial charge in [-0.2, -0.15) is 0 Å².